The van der Waals surface area contributed by atoms with Crippen LogP contribution in [0.5, 0.6) is 0 Å². The molecule has 0 aliphatic rings. The molecule has 0 aliphatic carbocycles. The van der Waals surface area contributed by atoms with Gasteiger partial charge in [0.15, 0.2) is 0 Å². The number of rotatable bonds is 5. The molecule has 3 heteroatoms. The first-order valence-electron chi connectivity index (χ1n) is 6.60. The average Bonchev–Trinajstić information content (AvgIpc) is 2.45. The zero-order valence-corrected chi connectivity index (χ0v) is 12.2. The zero-order chi connectivity index (χ0) is 13.7. The number of hydrogen-bond donors (Lipinski definition) is 1. The van der Waals surface area contributed by atoms with Crippen LogP contribution in [-0.4, -0.2) is 11.0 Å². The van der Waals surface area contributed by atoms with Crippen molar-refractivity contribution in [3.63, 3.8) is 0 Å². The van der Waals surface area contributed by atoms with Crippen molar-refractivity contribution in [2.45, 2.75) is 36.6 Å². The van der Waals surface area contributed by atoms with Crippen LogP contribution in [0.25, 0.3) is 0 Å². The van der Waals surface area contributed by atoms with Gasteiger partial charge in [0.1, 0.15) is 0 Å². The Balaban J connectivity index is 2.26. The summed E-state index contributed by atoms with van der Waals surface area (Å²) in [5.74, 6) is 0. The van der Waals surface area contributed by atoms with E-state index in [2.05, 4.69) is 43.1 Å². The lowest BCUT2D eigenvalue weighted by atomic mass is 10.0. The Morgan fingerprint density at radius 3 is 2.68 bits per heavy atom. The predicted molar refractivity (Wildman–Crippen MR) is 82.3 cm³/mol. The molecule has 0 saturated carbocycles. The van der Waals surface area contributed by atoms with Crippen LogP contribution in [0, 0.1) is 6.92 Å². The van der Waals surface area contributed by atoms with E-state index >= 15 is 0 Å². The Hall–Kier alpha value is -1.32. The maximum Gasteiger partial charge on any atom is 0.0966 e. The van der Waals surface area contributed by atoms with Crippen LogP contribution in [0.1, 0.15) is 29.7 Å². The molecule has 2 aromatic rings. The largest absolute Gasteiger partial charge is 0.326 e. The van der Waals surface area contributed by atoms with E-state index in [-0.39, 0.29) is 11.3 Å². The molecule has 0 radical (unpaired) electrons. The van der Waals surface area contributed by atoms with Crippen molar-refractivity contribution in [3.8, 4) is 0 Å². The van der Waals surface area contributed by atoms with Crippen molar-refractivity contribution >= 4 is 11.8 Å². The summed E-state index contributed by atoms with van der Waals surface area (Å²) in [7, 11) is 0. The fourth-order valence-corrected chi connectivity index (χ4v) is 3.20. The lowest BCUT2D eigenvalue weighted by Gasteiger charge is -2.22. The Morgan fingerprint density at radius 2 is 2.05 bits per heavy atom. The van der Waals surface area contributed by atoms with Gasteiger partial charge in [-0.05, 0) is 31.0 Å². The summed E-state index contributed by atoms with van der Waals surface area (Å²) in [4.78, 5) is 4.39. The van der Waals surface area contributed by atoms with E-state index in [4.69, 9.17) is 5.73 Å². The molecular weight excluding hydrogens is 252 g/mol. The molecule has 2 unspecified atom stereocenters. The monoisotopic (exact) mass is 272 g/mol. The third-order valence-electron chi connectivity index (χ3n) is 3.12. The molecule has 0 saturated heterocycles. The van der Waals surface area contributed by atoms with Crippen molar-refractivity contribution in [1.82, 2.24) is 4.98 Å². The normalized spacial score (nSPS) is 14.1. The molecule has 2 nitrogen and oxygen atoms in total. The van der Waals surface area contributed by atoms with Gasteiger partial charge in [-0.2, -0.15) is 0 Å². The topological polar surface area (TPSA) is 38.9 Å². The van der Waals surface area contributed by atoms with Crippen LogP contribution in [0.15, 0.2) is 53.7 Å². The van der Waals surface area contributed by atoms with E-state index in [0.717, 1.165) is 11.4 Å². The van der Waals surface area contributed by atoms with Gasteiger partial charge in [-0.1, -0.05) is 54.6 Å². The van der Waals surface area contributed by atoms with Crippen molar-refractivity contribution < 1.29 is 0 Å². The van der Waals surface area contributed by atoms with Crippen molar-refractivity contribution in [1.29, 1.82) is 0 Å². The van der Waals surface area contributed by atoms with E-state index in [9.17, 15) is 0 Å². The average molecular weight is 272 g/mol. The third kappa shape index (κ3) is 3.82. The van der Waals surface area contributed by atoms with Crippen molar-refractivity contribution in [2.75, 3.05) is 0 Å². The highest BCUT2D eigenvalue weighted by Gasteiger charge is 2.20. The molecule has 0 bridgehead atoms. The number of hydrogen-bond acceptors (Lipinski definition) is 3. The Bertz CT molecular complexity index is 513. The summed E-state index contributed by atoms with van der Waals surface area (Å²) in [6.07, 6.45) is 2.78. The van der Waals surface area contributed by atoms with Crippen LogP contribution in [-0.2, 0) is 0 Å². The lowest BCUT2D eigenvalue weighted by Crippen LogP contribution is -2.25. The molecule has 0 amide bonds. The molecule has 19 heavy (non-hydrogen) atoms. The van der Waals surface area contributed by atoms with Crippen LogP contribution in [0.2, 0.25) is 0 Å². The molecule has 2 atom stereocenters. The van der Waals surface area contributed by atoms with E-state index in [1.807, 2.05) is 24.4 Å². The SMILES string of the molecule is CCC(N)C(Sc1ccccn1)c1cccc(C)c1. The number of pyridine rings is 1. The molecule has 1 heterocycles. The maximum absolute atomic E-state index is 6.30. The quantitative estimate of drug-likeness (QED) is 0.837. The van der Waals surface area contributed by atoms with Gasteiger partial charge in [-0.3, -0.25) is 0 Å². The fraction of sp³-hybridized carbons (Fsp3) is 0.312. The highest BCUT2D eigenvalue weighted by molar-refractivity contribution is 7.99. The van der Waals surface area contributed by atoms with Gasteiger partial charge in [-0.25, -0.2) is 4.98 Å². The Labute approximate surface area is 119 Å². The smallest absolute Gasteiger partial charge is 0.0966 e. The van der Waals surface area contributed by atoms with Gasteiger partial charge in [0.2, 0.25) is 0 Å². The molecule has 0 aliphatic heterocycles. The number of thioether (sulfide) groups is 1. The predicted octanol–water partition coefficient (Wildman–Crippen LogP) is 3.96. The first kappa shape index (κ1) is 14.1. The second-order valence-electron chi connectivity index (χ2n) is 4.69. The minimum Gasteiger partial charge on any atom is -0.326 e. The van der Waals surface area contributed by atoms with E-state index in [1.165, 1.54) is 11.1 Å². The van der Waals surface area contributed by atoms with Crippen molar-refractivity contribution in [2.24, 2.45) is 5.73 Å². The first-order valence-corrected chi connectivity index (χ1v) is 7.48. The van der Waals surface area contributed by atoms with Gasteiger partial charge < -0.3 is 5.73 Å². The van der Waals surface area contributed by atoms with Crippen LogP contribution >= 0.6 is 11.8 Å². The van der Waals surface area contributed by atoms with E-state index in [0.29, 0.717) is 0 Å². The van der Waals surface area contributed by atoms with Crippen LogP contribution < -0.4 is 5.73 Å². The fourth-order valence-electron chi connectivity index (χ4n) is 2.01. The van der Waals surface area contributed by atoms with Crippen LogP contribution in [0.3, 0.4) is 0 Å². The number of nitrogens with zero attached hydrogens (tertiary/aromatic N) is 1. The standard InChI is InChI=1S/C16H20N2S/c1-3-14(17)16(13-8-6-7-12(2)11-13)19-15-9-4-5-10-18-15/h4-11,14,16H,3,17H2,1-2H3. The minimum absolute atomic E-state index is 0.133. The highest BCUT2D eigenvalue weighted by atomic mass is 32.2. The molecule has 1 aromatic carbocycles. The number of aryl methyl sites for hydroxylation is 1. The van der Waals surface area contributed by atoms with E-state index < -0.39 is 0 Å². The first-order chi connectivity index (χ1) is 9.20. The summed E-state index contributed by atoms with van der Waals surface area (Å²) in [6, 6.07) is 14.7. The zero-order valence-electron chi connectivity index (χ0n) is 11.4. The third-order valence-corrected chi connectivity index (χ3v) is 4.48. The summed E-state index contributed by atoms with van der Waals surface area (Å²) < 4.78 is 0. The molecule has 1 aromatic heterocycles. The second kappa shape index (κ2) is 6.73. The molecule has 2 N–H and O–H groups in total. The molecular formula is C16H20N2S. The van der Waals surface area contributed by atoms with Gasteiger partial charge in [0.05, 0.1) is 10.3 Å². The maximum atomic E-state index is 6.30. The van der Waals surface area contributed by atoms with Gasteiger partial charge in [0.25, 0.3) is 0 Å². The lowest BCUT2D eigenvalue weighted by molar-refractivity contribution is 0.633. The van der Waals surface area contributed by atoms with Gasteiger partial charge in [-0.15, -0.1) is 0 Å². The number of benzene rings is 1. The minimum atomic E-state index is 0.133. The summed E-state index contributed by atoms with van der Waals surface area (Å²) in [5.41, 5.74) is 8.85. The molecule has 0 spiro atoms. The Kier molecular flexibility index (Phi) is 5.00. The second-order valence-corrected chi connectivity index (χ2v) is 5.85. The number of nitrogens with two attached hydrogens (primary N) is 1. The molecule has 100 valence electrons. The molecule has 0 fully saturated rings. The summed E-state index contributed by atoms with van der Waals surface area (Å²) >= 11 is 1.75. The van der Waals surface area contributed by atoms with Gasteiger partial charge in [0, 0.05) is 12.2 Å². The number of aromatic nitrogens is 1. The van der Waals surface area contributed by atoms with Gasteiger partial charge >= 0.3 is 0 Å². The van der Waals surface area contributed by atoms with Crippen LogP contribution in [0.4, 0.5) is 0 Å². The van der Waals surface area contributed by atoms with Crippen molar-refractivity contribution in [3.05, 3.63) is 59.8 Å². The highest BCUT2D eigenvalue weighted by Crippen LogP contribution is 2.37. The Morgan fingerprint density at radius 1 is 1.21 bits per heavy atom. The summed E-state index contributed by atoms with van der Waals surface area (Å²) in [5, 5.41) is 1.28. The van der Waals surface area contributed by atoms with E-state index in [1.54, 1.807) is 11.8 Å². The molecule has 2 rings (SSSR count). The summed E-state index contributed by atoms with van der Waals surface area (Å²) in [6.45, 7) is 4.25.